The van der Waals surface area contributed by atoms with Gasteiger partial charge in [0, 0.05) is 18.8 Å². The highest BCUT2D eigenvalue weighted by Gasteiger charge is 2.21. The molecule has 1 aliphatic rings. The number of carbonyl (C=O) groups is 2. The van der Waals surface area contributed by atoms with Crippen molar-refractivity contribution in [3.8, 4) is 0 Å². The second-order valence-corrected chi connectivity index (χ2v) is 4.98. The van der Waals surface area contributed by atoms with Gasteiger partial charge >= 0.3 is 0 Å². The number of hydrogen-bond donors (Lipinski definition) is 2. The Morgan fingerprint density at radius 2 is 2.41 bits per heavy atom. The highest BCUT2D eigenvalue weighted by Crippen LogP contribution is 2.18. The number of rotatable bonds is 3. The fourth-order valence-electron chi connectivity index (χ4n) is 1.78. The van der Waals surface area contributed by atoms with Gasteiger partial charge < -0.3 is 10.6 Å². The molecule has 2 heterocycles. The molecule has 0 bridgehead atoms. The van der Waals surface area contributed by atoms with Gasteiger partial charge in [0.2, 0.25) is 5.91 Å². The first kappa shape index (κ1) is 12.2. The third-order valence-electron chi connectivity index (χ3n) is 2.76. The van der Waals surface area contributed by atoms with Crippen molar-refractivity contribution in [2.45, 2.75) is 19.8 Å². The molecule has 2 N–H and O–H groups in total. The number of aromatic nitrogens is 1. The molecule has 1 aromatic heterocycles. The summed E-state index contributed by atoms with van der Waals surface area (Å²) in [6.45, 7) is 3.16. The number of amides is 1. The average molecular weight is 253 g/mol. The van der Waals surface area contributed by atoms with Gasteiger partial charge in [-0.1, -0.05) is 0 Å². The van der Waals surface area contributed by atoms with Gasteiger partial charge in [-0.15, -0.1) is 11.3 Å². The molecule has 5 nitrogen and oxygen atoms in total. The summed E-state index contributed by atoms with van der Waals surface area (Å²) in [5.74, 6) is -0.0869. The minimum absolute atomic E-state index is 0.00780. The molecular formula is C11H15N3O2S. The van der Waals surface area contributed by atoms with Crippen LogP contribution in [0.5, 0.6) is 0 Å². The fraction of sp³-hybridized carbons (Fsp3) is 0.545. The first-order valence-electron chi connectivity index (χ1n) is 5.65. The van der Waals surface area contributed by atoms with E-state index in [9.17, 15) is 9.59 Å². The minimum atomic E-state index is -0.0823. The van der Waals surface area contributed by atoms with Crippen LogP contribution in [-0.2, 0) is 4.79 Å². The normalized spacial score (nSPS) is 19.9. The molecular weight excluding hydrogens is 238 g/mol. The lowest BCUT2D eigenvalue weighted by Gasteiger charge is -2.21. The summed E-state index contributed by atoms with van der Waals surface area (Å²) < 4.78 is 0. The molecule has 0 spiro atoms. The third kappa shape index (κ3) is 3.10. The maximum atomic E-state index is 11.9. The minimum Gasteiger partial charge on any atom is -0.316 e. The Kier molecular flexibility index (Phi) is 3.86. The van der Waals surface area contributed by atoms with Crippen LogP contribution in [-0.4, -0.2) is 29.8 Å². The fourth-order valence-corrected chi connectivity index (χ4v) is 2.53. The number of nitrogens with zero attached hydrogens (tertiary/aromatic N) is 1. The second-order valence-electron chi connectivity index (χ2n) is 4.13. The van der Waals surface area contributed by atoms with Crippen LogP contribution in [0.2, 0.25) is 0 Å². The SMILES string of the molecule is CC(=O)c1csc(NC(=O)C2CCCNC2)n1. The van der Waals surface area contributed by atoms with Crippen molar-refractivity contribution < 1.29 is 9.59 Å². The topological polar surface area (TPSA) is 71.1 Å². The monoisotopic (exact) mass is 253 g/mol. The molecule has 6 heteroatoms. The van der Waals surface area contributed by atoms with E-state index in [2.05, 4.69) is 15.6 Å². The molecule has 1 amide bonds. The van der Waals surface area contributed by atoms with E-state index in [1.54, 1.807) is 5.38 Å². The largest absolute Gasteiger partial charge is 0.316 e. The number of anilines is 1. The van der Waals surface area contributed by atoms with Crippen molar-refractivity contribution in [1.29, 1.82) is 0 Å². The zero-order valence-electron chi connectivity index (χ0n) is 9.66. The van der Waals surface area contributed by atoms with Crippen molar-refractivity contribution in [3.63, 3.8) is 0 Å². The summed E-state index contributed by atoms with van der Waals surface area (Å²) in [7, 11) is 0. The number of hydrogen-bond acceptors (Lipinski definition) is 5. The smallest absolute Gasteiger partial charge is 0.230 e. The van der Waals surface area contributed by atoms with E-state index in [1.165, 1.54) is 18.3 Å². The van der Waals surface area contributed by atoms with Gasteiger partial charge in [0.15, 0.2) is 10.9 Å². The summed E-state index contributed by atoms with van der Waals surface area (Å²) >= 11 is 1.29. The van der Waals surface area contributed by atoms with Crippen LogP contribution in [0.4, 0.5) is 5.13 Å². The predicted molar refractivity (Wildman–Crippen MR) is 66.3 cm³/mol. The molecule has 17 heavy (non-hydrogen) atoms. The second kappa shape index (κ2) is 5.37. The molecule has 2 rings (SSSR count). The molecule has 1 fully saturated rings. The summed E-state index contributed by atoms with van der Waals surface area (Å²) in [5, 5.41) is 8.13. The molecule has 92 valence electrons. The number of nitrogens with one attached hydrogen (secondary N) is 2. The van der Waals surface area contributed by atoms with Crippen LogP contribution in [0.25, 0.3) is 0 Å². The van der Waals surface area contributed by atoms with Crippen molar-refractivity contribution in [2.24, 2.45) is 5.92 Å². The van der Waals surface area contributed by atoms with Crippen LogP contribution >= 0.6 is 11.3 Å². The molecule has 0 aliphatic carbocycles. The zero-order chi connectivity index (χ0) is 12.3. The lowest BCUT2D eigenvalue weighted by atomic mass is 9.99. The number of thiazole rings is 1. The number of Topliss-reactive ketones (excluding diaryl/α,β-unsaturated/α-hetero) is 1. The van der Waals surface area contributed by atoms with Crippen LogP contribution in [0.15, 0.2) is 5.38 Å². The summed E-state index contributed by atoms with van der Waals surface area (Å²) in [5.41, 5.74) is 0.409. The molecule has 0 radical (unpaired) electrons. The Hall–Kier alpha value is -1.27. The molecule has 1 aliphatic heterocycles. The molecule has 1 unspecified atom stereocenters. The molecule has 0 aromatic carbocycles. The molecule has 1 saturated heterocycles. The van der Waals surface area contributed by atoms with Crippen LogP contribution < -0.4 is 10.6 Å². The third-order valence-corrected chi connectivity index (χ3v) is 3.52. The van der Waals surface area contributed by atoms with Gasteiger partial charge in [0.1, 0.15) is 5.69 Å². The maximum Gasteiger partial charge on any atom is 0.230 e. The summed E-state index contributed by atoms with van der Waals surface area (Å²) in [4.78, 5) is 27.0. The maximum absolute atomic E-state index is 11.9. The number of carbonyl (C=O) groups excluding carboxylic acids is 2. The Bertz CT molecular complexity index is 424. The predicted octanol–water partition coefficient (Wildman–Crippen LogP) is 1.28. The van der Waals surface area contributed by atoms with Crippen LogP contribution in [0.3, 0.4) is 0 Å². The van der Waals surface area contributed by atoms with E-state index in [0.29, 0.717) is 10.8 Å². The lowest BCUT2D eigenvalue weighted by molar-refractivity contribution is -0.120. The molecule has 1 aromatic rings. The van der Waals surface area contributed by atoms with Gasteiger partial charge in [-0.3, -0.25) is 9.59 Å². The molecule has 1 atom stereocenters. The van der Waals surface area contributed by atoms with E-state index in [1.807, 2.05) is 0 Å². The Morgan fingerprint density at radius 1 is 1.59 bits per heavy atom. The van der Waals surface area contributed by atoms with Crippen molar-refractivity contribution in [2.75, 3.05) is 18.4 Å². The lowest BCUT2D eigenvalue weighted by Crippen LogP contribution is -2.37. The summed E-state index contributed by atoms with van der Waals surface area (Å²) in [6, 6.07) is 0. The van der Waals surface area contributed by atoms with Gasteiger partial charge in [-0.2, -0.15) is 0 Å². The van der Waals surface area contributed by atoms with E-state index in [0.717, 1.165) is 25.9 Å². The van der Waals surface area contributed by atoms with Gasteiger partial charge in [-0.05, 0) is 19.4 Å². The van der Waals surface area contributed by atoms with Gasteiger partial charge in [-0.25, -0.2) is 4.98 Å². The first-order valence-corrected chi connectivity index (χ1v) is 6.53. The average Bonchev–Trinajstić information content (AvgIpc) is 2.79. The highest BCUT2D eigenvalue weighted by molar-refractivity contribution is 7.14. The Balaban J connectivity index is 1.94. The number of piperidine rings is 1. The summed E-state index contributed by atoms with van der Waals surface area (Å²) in [6.07, 6.45) is 1.93. The zero-order valence-corrected chi connectivity index (χ0v) is 10.5. The molecule has 0 saturated carbocycles. The van der Waals surface area contributed by atoms with E-state index >= 15 is 0 Å². The Morgan fingerprint density at radius 3 is 3.00 bits per heavy atom. The number of ketones is 1. The standard InChI is InChI=1S/C11H15N3O2S/c1-7(15)9-6-17-11(13-9)14-10(16)8-3-2-4-12-5-8/h6,8,12H,2-5H2,1H3,(H,13,14,16). The quantitative estimate of drug-likeness (QED) is 0.796. The van der Waals surface area contributed by atoms with Crippen molar-refractivity contribution in [1.82, 2.24) is 10.3 Å². The van der Waals surface area contributed by atoms with Crippen LogP contribution in [0, 0.1) is 5.92 Å². The van der Waals surface area contributed by atoms with Crippen molar-refractivity contribution in [3.05, 3.63) is 11.1 Å². The van der Waals surface area contributed by atoms with E-state index in [4.69, 9.17) is 0 Å². The van der Waals surface area contributed by atoms with E-state index in [-0.39, 0.29) is 17.6 Å². The Labute approximate surface area is 104 Å². The first-order chi connectivity index (χ1) is 8.16. The van der Waals surface area contributed by atoms with Crippen molar-refractivity contribution >= 4 is 28.2 Å². The van der Waals surface area contributed by atoms with Gasteiger partial charge in [0.05, 0.1) is 5.92 Å². The highest BCUT2D eigenvalue weighted by atomic mass is 32.1. The van der Waals surface area contributed by atoms with Crippen LogP contribution in [0.1, 0.15) is 30.3 Å². The van der Waals surface area contributed by atoms with E-state index < -0.39 is 0 Å². The van der Waals surface area contributed by atoms with Gasteiger partial charge in [0.25, 0.3) is 0 Å².